The van der Waals surface area contributed by atoms with Crippen molar-refractivity contribution in [3.8, 4) is 0 Å². The summed E-state index contributed by atoms with van der Waals surface area (Å²) in [7, 11) is -3.87. The Morgan fingerprint density at radius 3 is 2.27 bits per heavy atom. The first-order valence-corrected chi connectivity index (χ1v) is 11.3. The highest BCUT2D eigenvalue weighted by molar-refractivity contribution is 7.91. The van der Waals surface area contributed by atoms with Crippen LogP contribution in [-0.4, -0.2) is 26.7 Å². The summed E-state index contributed by atoms with van der Waals surface area (Å²) in [5, 5.41) is 2.95. The summed E-state index contributed by atoms with van der Waals surface area (Å²) in [6.45, 7) is 0.488. The van der Waals surface area contributed by atoms with E-state index >= 15 is 0 Å². The van der Waals surface area contributed by atoms with Gasteiger partial charge in [-0.3, -0.25) is 9.59 Å². The average molecular weight is 417 g/mol. The van der Waals surface area contributed by atoms with Crippen molar-refractivity contribution in [3.63, 3.8) is 0 Å². The van der Waals surface area contributed by atoms with Crippen molar-refractivity contribution < 1.29 is 18.0 Å². The van der Waals surface area contributed by atoms with Gasteiger partial charge in [-0.1, -0.05) is 42.5 Å². The molecule has 0 radical (unpaired) electrons. The van der Waals surface area contributed by atoms with Gasteiger partial charge >= 0.3 is 0 Å². The number of hydrogen-bond donors (Lipinski definition) is 1. The maximum atomic E-state index is 13.0. The number of sulfone groups is 1. The highest BCUT2D eigenvalue weighted by Gasteiger charge is 2.44. The Balaban J connectivity index is 1.43. The van der Waals surface area contributed by atoms with Crippen molar-refractivity contribution in [1.29, 1.82) is 0 Å². The first-order chi connectivity index (χ1) is 14.4. The third kappa shape index (κ3) is 2.87. The van der Waals surface area contributed by atoms with Crippen LogP contribution in [0.5, 0.6) is 0 Å². The lowest BCUT2D eigenvalue weighted by atomic mass is 9.96. The third-order valence-corrected chi connectivity index (χ3v) is 7.88. The second-order valence-electron chi connectivity index (χ2n) is 7.87. The molecule has 1 N–H and O–H groups in total. The molecule has 0 aromatic heterocycles. The molecule has 3 aromatic rings. The SMILES string of the molecule is O=C(NCC1(c2ccccc2)CC1)c1ccc2c(c1)S(=O)(=O)c1ccccc1C2=O. The predicted molar refractivity (Wildman–Crippen MR) is 111 cm³/mol. The van der Waals surface area contributed by atoms with Gasteiger partial charge in [0, 0.05) is 28.7 Å². The number of ketones is 1. The van der Waals surface area contributed by atoms with E-state index in [1.807, 2.05) is 18.2 Å². The molecular formula is C24H19NO4S. The molecule has 150 valence electrons. The van der Waals surface area contributed by atoms with Gasteiger partial charge in [-0.25, -0.2) is 8.42 Å². The second kappa shape index (κ2) is 6.64. The standard InChI is InChI=1S/C24H19NO4S/c26-22-18-8-4-5-9-20(18)30(28,29)21-14-16(10-11-19(21)22)23(27)25-15-24(12-13-24)17-6-2-1-3-7-17/h1-11,14H,12-13,15H2,(H,25,27). The molecule has 1 aliphatic carbocycles. The van der Waals surface area contributed by atoms with E-state index in [4.69, 9.17) is 0 Å². The number of nitrogens with one attached hydrogen (secondary N) is 1. The molecule has 0 bridgehead atoms. The number of amides is 1. The van der Waals surface area contributed by atoms with Crippen LogP contribution in [0.4, 0.5) is 0 Å². The lowest BCUT2D eigenvalue weighted by molar-refractivity contribution is 0.0947. The fourth-order valence-corrected chi connectivity index (χ4v) is 5.76. The van der Waals surface area contributed by atoms with Crippen molar-refractivity contribution in [2.75, 3.05) is 6.54 Å². The minimum atomic E-state index is -3.87. The monoisotopic (exact) mass is 417 g/mol. The highest BCUT2D eigenvalue weighted by atomic mass is 32.2. The van der Waals surface area contributed by atoms with E-state index in [1.54, 1.807) is 12.1 Å². The second-order valence-corrected chi connectivity index (χ2v) is 9.76. The Hall–Kier alpha value is -3.25. The Bertz CT molecular complexity index is 1290. The van der Waals surface area contributed by atoms with E-state index < -0.39 is 9.84 Å². The zero-order chi connectivity index (χ0) is 20.9. The number of carbonyl (C=O) groups excluding carboxylic acids is 2. The highest BCUT2D eigenvalue weighted by Crippen LogP contribution is 2.47. The molecular weight excluding hydrogens is 398 g/mol. The van der Waals surface area contributed by atoms with Crippen molar-refractivity contribution in [2.45, 2.75) is 28.0 Å². The predicted octanol–water partition coefficient (Wildman–Crippen LogP) is 3.53. The van der Waals surface area contributed by atoms with Crippen LogP contribution in [0.3, 0.4) is 0 Å². The van der Waals surface area contributed by atoms with Crippen molar-refractivity contribution in [1.82, 2.24) is 5.32 Å². The van der Waals surface area contributed by atoms with Crippen LogP contribution in [0.25, 0.3) is 0 Å². The molecule has 5 rings (SSSR count). The maximum Gasteiger partial charge on any atom is 0.251 e. The molecule has 1 fully saturated rings. The summed E-state index contributed by atoms with van der Waals surface area (Å²) in [5.41, 5.74) is 1.65. The molecule has 3 aromatic carbocycles. The lowest BCUT2D eigenvalue weighted by Crippen LogP contribution is -2.32. The van der Waals surface area contributed by atoms with Crippen LogP contribution < -0.4 is 5.32 Å². The summed E-state index contributed by atoms with van der Waals surface area (Å²) in [4.78, 5) is 25.4. The van der Waals surface area contributed by atoms with Gasteiger partial charge in [0.25, 0.3) is 5.91 Å². The minimum Gasteiger partial charge on any atom is -0.351 e. The van der Waals surface area contributed by atoms with Gasteiger partial charge in [0.05, 0.1) is 9.79 Å². The zero-order valence-electron chi connectivity index (χ0n) is 16.1. The lowest BCUT2D eigenvalue weighted by Gasteiger charge is -2.20. The van der Waals surface area contributed by atoms with Crippen molar-refractivity contribution in [3.05, 3.63) is 95.1 Å². The molecule has 30 heavy (non-hydrogen) atoms. The molecule has 6 heteroatoms. The molecule has 0 unspecified atom stereocenters. The van der Waals surface area contributed by atoms with E-state index in [2.05, 4.69) is 17.4 Å². The Morgan fingerprint density at radius 2 is 1.53 bits per heavy atom. The van der Waals surface area contributed by atoms with Crippen LogP contribution >= 0.6 is 0 Å². The first kappa shape index (κ1) is 18.8. The summed E-state index contributed by atoms with van der Waals surface area (Å²) in [6, 6.07) is 20.5. The smallest absolute Gasteiger partial charge is 0.251 e. The van der Waals surface area contributed by atoms with E-state index in [0.29, 0.717) is 6.54 Å². The summed E-state index contributed by atoms with van der Waals surface area (Å²) in [5.74, 6) is -0.690. The topological polar surface area (TPSA) is 80.3 Å². The van der Waals surface area contributed by atoms with Crippen molar-refractivity contribution in [2.24, 2.45) is 0 Å². The quantitative estimate of drug-likeness (QED) is 0.551. The van der Waals surface area contributed by atoms with Crippen molar-refractivity contribution >= 4 is 21.5 Å². The van der Waals surface area contributed by atoms with Gasteiger partial charge in [-0.2, -0.15) is 0 Å². The average Bonchev–Trinajstić information content (AvgIpc) is 3.58. The molecule has 5 nitrogen and oxygen atoms in total. The largest absolute Gasteiger partial charge is 0.351 e. The minimum absolute atomic E-state index is 0.0129. The van der Waals surface area contributed by atoms with Crippen LogP contribution in [0, 0.1) is 0 Å². The van der Waals surface area contributed by atoms with Crippen LogP contribution in [0.1, 0.15) is 44.7 Å². The van der Waals surface area contributed by atoms with Crippen LogP contribution in [0.15, 0.2) is 82.6 Å². The Kier molecular flexibility index (Phi) is 4.15. The van der Waals surface area contributed by atoms with Crippen LogP contribution in [0.2, 0.25) is 0 Å². The molecule has 0 saturated heterocycles. The van der Waals surface area contributed by atoms with Gasteiger partial charge in [0.1, 0.15) is 0 Å². The van der Waals surface area contributed by atoms with Gasteiger partial charge in [-0.15, -0.1) is 0 Å². The van der Waals surface area contributed by atoms with E-state index in [1.165, 1.54) is 35.9 Å². The maximum absolute atomic E-state index is 13.0. The summed E-state index contributed by atoms with van der Waals surface area (Å²) >= 11 is 0. The van der Waals surface area contributed by atoms with E-state index in [9.17, 15) is 18.0 Å². The number of rotatable bonds is 4. The number of hydrogen-bond acceptors (Lipinski definition) is 4. The van der Waals surface area contributed by atoms with Gasteiger partial charge in [0.2, 0.25) is 9.84 Å². The fraction of sp³-hybridized carbons (Fsp3) is 0.167. The Morgan fingerprint density at radius 1 is 0.867 bits per heavy atom. The molecule has 1 saturated carbocycles. The van der Waals surface area contributed by atoms with Crippen LogP contribution in [-0.2, 0) is 15.3 Å². The number of carbonyl (C=O) groups is 2. The van der Waals surface area contributed by atoms with E-state index in [-0.39, 0.29) is 43.6 Å². The molecule has 0 spiro atoms. The normalized spacial score (nSPS) is 17.5. The third-order valence-electron chi connectivity index (χ3n) is 6.03. The summed E-state index contributed by atoms with van der Waals surface area (Å²) in [6.07, 6.45) is 2.00. The summed E-state index contributed by atoms with van der Waals surface area (Å²) < 4.78 is 26.1. The zero-order valence-corrected chi connectivity index (χ0v) is 16.9. The molecule has 2 aliphatic rings. The number of fused-ring (bicyclic) bond motifs is 2. The Labute approximate surface area is 174 Å². The molecule has 1 heterocycles. The number of benzene rings is 3. The van der Waals surface area contributed by atoms with Gasteiger partial charge in [0.15, 0.2) is 5.78 Å². The first-order valence-electron chi connectivity index (χ1n) is 9.79. The molecule has 1 amide bonds. The fourth-order valence-electron chi connectivity index (χ4n) is 4.09. The molecule has 1 aliphatic heterocycles. The van der Waals surface area contributed by atoms with Gasteiger partial charge in [-0.05, 0) is 48.7 Å². The molecule has 0 atom stereocenters. The van der Waals surface area contributed by atoms with Gasteiger partial charge < -0.3 is 5.32 Å². The van der Waals surface area contributed by atoms with E-state index in [0.717, 1.165) is 12.8 Å².